The first-order valence-electron chi connectivity index (χ1n) is 13.9. The van der Waals surface area contributed by atoms with Crippen LogP contribution in [-0.4, -0.2) is 50.8 Å². The number of nitrogens with one attached hydrogen (secondary N) is 4. The fourth-order valence-corrected chi connectivity index (χ4v) is 5.49. The molecule has 0 spiro atoms. The quantitative estimate of drug-likeness (QED) is 0.0940. The number of fused-ring (bicyclic) bond motifs is 1. The van der Waals surface area contributed by atoms with Crippen molar-refractivity contribution in [3.8, 4) is 5.75 Å². The van der Waals surface area contributed by atoms with Crippen LogP contribution in [0.15, 0.2) is 82.1 Å². The lowest BCUT2D eigenvalue weighted by Gasteiger charge is -2.14. The number of anilines is 1. The summed E-state index contributed by atoms with van der Waals surface area (Å²) in [6.45, 7) is 1.85. The maximum atomic E-state index is 12.4. The Morgan fingerprint density at radius 3 is 2.58 bits per heavy atom. The van der Waals surface area contributed by atoms with Crippen LogP contribution < -0.4 is 20.8 Å². The lowest BCUT2D eigenvalue weighted by Crippen LogP contribution is -2.23. The van der Waals surface area contributed by atoms with E-state index in [-0.39, 0.29) is 29.0 Å². The molecule has 224 valence electrons. The van der Waals surface area contributed by atoms with Gasteiger partial charge < -0.3 is 40.7 Å². The van der Waals surface area contributed by atoms with Crippen molar-refractivity contribution in [2.24, 2.45) is 0 Å². The van der Waals surface area contributed by atoms with Crippen LogP contribution in [0.1, 0.15) is 47.0 Å². The van der Waals surface area contributed by atoms with Crippen molar-refractivity contribution in [2.45, 2.75) is 31.6 Å². The molecule has 0 radical (unpaired) electrons. The lowest BCUT2D eigenvalue weighted by molar-refractivity contribution is -0.116. The van der Waals surface area contributed by atoms with Crippen molar-refractivity contribution < 1.29 is 24.5 Å². The molecule has 0 fully saturated rings. The van der Waals surface area contributed by atoms with Gasteiger partial charge in [0.15, 0.2) is 6.10 Å². The lowest BCUT2D eigenvalue weighted by atomic mass is 10.1. The van der Waals surface area contributed by atoms with E-state index in [9.17, 15) is 24.9 Å². The second-order valence-corrected chi connectivity index (χ2v) is 11.0. The van der Waals surface area contributed by atoms with Crippen molar-refractivity contribution in [3.63, 3.8) is 0 Å². The van der Waals surface area contributed by atoms with Crippen molar-refractivity contribution in [1.82, 2.24) is 20.6 Å². The zero-order valence-corrected chi connectivity index (χ0v) is 24.1. The Kier molecular flexibility index (Phi) is 9.97. The van der Waals surface area contributed by atoms with Gasteiger partial charge in [0.2, 0.25) is 11.8 Å². The number of hydrogen-bond donors (Lipinski definition) is 7. The van der Waals surface area contributed by atoms with Crippen molar-refractivity contribution in [2.75, 3.05) is 25.0 Å². The summed E-state index contributed by atoms with van der Waals surface area (Å²) in [5, 5.41) is 40.3. The number of aromatic nitrogens is 2. The molecule has 5 rings (SSSR count). The van der Waals surface area contributed by atoms with E-state index in [0.29, 0.717) is 65.3 Å². The number of rotatable bonds is 14. The number of thiazole rings is 1. The third-order valence-corrected chi connectivity index (χ3v) is 7.78. The number of aromatic hydroxyl groups is 1. The van der Waals surface area contributed by atoms with E-state index in [4.69, 9.17) is 4.42 Å². The summed E-state index contributed by atoms with van der Waals surface area (Å²) in [5.41, 5.74) is 3.28. The molecule has 2 unspecified atom stereocenters. The molecule has 2 heterocycles. The molecule has 2 atom stereocenters. The molecule has 5 aromatic rings. The minimum absolute atomic E-state index is 0.0286. The highest BCUT2D eigenvalue weighted by molar-refractivity contribution is 7.16. The minimum atomic E-state index is -0.909. The Bertz CT molecular complexity index is 1700. The number of H-pyrrole nitrogens is 1. The van der Waals surface area contributed by atoms with Gasteiger partial charge in [0, 0.05) is 50.3 Å². The average molecular weight is 604 g/mol. The summed E-state index contributed by atoms with van der Waals surface area (Å²) >= 11 is 0.953. The highest BCUT2D eigenvalue weighted by Crippen LogP contribution is 2.31. The second kappa shape index (κ2) is 14.2. The van der Waals surface area contributed by atoms with Crippen LogP contribution in [-0.2, 0) is 17.8 Å². The molecule has 12 heteroatoms. The number of aromatic amines is 1. The highest BCUT2D eigenvalue weighted by Gasteiger charge is 2.17. The van der Waals surface area contributed by atoms with E-state index in [1.165, 1.54) is 6.07 Å². The van der Waals surface area contributed by atoms with E-state index in [0.717, 1.165) is 16.9 Å². The van der Waals surface area contributed by atoms with E-state index >= 15 is 0 Å². The number of aliphatic hydroxyl groups excluding tert-OH is 2. The van der Waals surface area contributed by atoms with Crippen molar-refractivity contribution in [1.29, 1.82) is 0 Å². The zero-order valence-electron chi connectivity index (χ0n) is 23.2. The molecule has 0 aliphatic carbocycles. The fraction of sp³-hybridized carbons (Fsp3) is 0.258. The van der Waals surface area contributed by atoms with Crippen LogP contribution >= 0.6 is 11.3 Å². The van der Waals surface area contributed by atoms with Crippen molar-refractivity contribution in [3.05, 3.63) is 111 Å². The smallest absolute Gasteiger partial charge is 0.305 e. The number of phenolic OH excluding ortho intramolecular Hbond substituents is 1. The summed E-state index contributed by atoms with van der Waals surface area (Å²) in [4.78, 5) is 30.5. The minimum Gasteiger partial charge on any atom is -0.506 e. The molecule has 3 aromatic carbocycles. The molecule has 0 aliphatic rings. The Morgan fingerprint density at radius 2 is 1.79 bits per heavy atom. The molecule has 0 saturated carbocycles. The maximum absolute atomic E-state index is 12.4. The topological polar surface area (TPSA) is 173 Å². The summed E-state index contributed by atoms with van der Waals surface area (Å²) in [7, 11) is 0. The van der Waals surface area contributed by atoms with Gasteiger partial charge in [-0.3, -0.25) is 9.59 Å². The first-order valence-corrected chi connectivity index (χ1v) is 14.7. The predicted octanol–water partition coefficient (Wildman–Crippen LogP) is 3.35. The molecule has 0 saturated heterocycles. The number of carbonyl (C=O) groups is 1. The van der Waals surface area contributed by atoms with Crippen LogP contribution in [0, 0.1) is 0 Å². The molecular weight excluding hydrogens is 570 g/mol. The Balaban J connectivity index is 0.985. The monoisotopic (exact) mass is 603 g/mol. The van der Waals surface area contributed by atoms with Gasteiger partial charge in [-0.05, 0) is 29.3 Å². The highest BCUT2D eigenvalue weighted by atomic mass is 32.1. The Labute approximate surface area is 251 Å². The standard InChI is InChI=1S/C31H33N5O6S/c37-24-11-10-23(29-27(24)36-31(41)43-29)25(38)18-33-16-19-6-8-21(9-7-19)35-26(39)13-15-32-14-12-22-17-34-30(42-22)28(40)20-4-2-1-3-5-20/h1-11,17,25,28,32-33,37-38,40H,12-16,18H2,(H,35,39)(H,36,41). The fourth-order valence-electron chi connectivity index (χ4n) is 4.58. The maximum Gasteiger partial charge on any atom is 0.305 e. The Morgan fingerprint density at radius 1 is 1.00 bits per heavy atom. The van der Waals surface area contributed by atoms with E-state index in [2.05, 4.69) is 25.9 Å². The summed E-state index contributed by atoms with van der Waals surface area (Å²) in [5.74, 6) is 0.774. The van der Waals surface area contributed by atoms with Crippen LogP contribution in [0.5, 0.6) is 5.75 Å². The van der Waals surface area contributed by atoms with Gasteiger partial charge >= 0.3 is 4.87 Å². The largest absolute Gasteiger partial charge is 0.506 e. The third-order valence-electron chi connectivity index (χ3n) is 6.85. The van der Waals surface area contributed by atoms with Crippen LogP contribution in [0.25, 0.3) is 10.2 Å². The first kappa shape index (κ1) is 30.1. The van der Waals surface area contributed by atoms with Gasteiger partial charge in [-0.1, -0.05) is 59.9 Å². The molecule has 43 heavy (non-hydrogen) atoms. The zero-order chi connectivity index (χ0) is 30.2. The van der Waals surface area contributed by atoms with Crippen molar-refractivity contribution >= 4 is 33.1 Å². The number of hydrogen-bond acceptors (Lipinski definition) is 10. The summed E-state index contributed by atoms with van der Waals surface area (Å²) < 4.78 is 6.22. The second-order valence-electron chi connectivity index (χ2n) is 10.0. The SMILES string of the molecule is O=C(CCNCCc1cnc(C(O)c2ccccc2)o1)Nc1ccc(CNCC(O)c2ccc(O)c3[nH]c(=O)sc23)cc1. The van der Waals surface area contributed by atoms with Crippen LogP contribution in [0.3, 0.4) is 0 Å². The summed E-state index contributed by atoms with van der Waals surface area (Å²) in [6.07, 6.45) is 0.722. The number of aliphatic hydroxyl groups is 2. The average Bonchev–Trinajstić information content (AvgIpc) is 3.65. The molecule has 7 N–H and O–H groups in total. The molecule has 0 aliphatic heterocycles. The first-order chi connectivity index (χ1) is 20.9. The van der Waals surface area contributed by atoms with Gasteiger partial charge in [-0.15, -0.1) is 0 Å². The van der Waals surface area contributed by atoms with E-state index in [1.54, 1.807) is 12.3 Å². The number of nitrogens with zero attached hydrogens (tertiary/aromatic N) is 1. The van der Waals surface area contributed by atoms with Crippen LogP contribution in [0.4, 0.5) is 5.69 Å². The van der Waals surface area contributed by atoms with Gasteiger partial charge in [0.05, 0.1) is 17.0 Å². The molecule has 2 aromatic heterocycles. The number of oxazole rings is 1. The van der Waals surface area contributed by atoms with Gasteiger partial charge in [0.1, 0.15) is 17.0 Å². The number of carbonyl (C=O) groups excluding carboxylic acids is 1. The molecular formula is C31H33N5O6S. The predicted molar refractivity (Wildman–Crippen MR) is 164 cm³/mol. The normalized spacial score (nSPS) is 12.8. The number of amides is 1. The Hall–Kier alpha value is -4.33. The van der Waals surface area contributed by atoms with Gasteiger partial charge in [-0.25, -0.2) is 4.98 Å². The summed E-state index contributed by atoms with van der Waals surface area (Å²) in [6, 6.07) is 19.7. The van der Waals surface area contributed by atoms with E-state index < -0.39 is 12.2 Å². The number of phenols is 1. The number of benzene rings is 3. The molecule has 11 nitrogen and oxygen atoms in total. The van der Waals surface area contributed by atoms with Gasteiger partial charge in [0.25, 0.3) is 0 Å². The molecule has 1 amide bonds. The van der Waals surface area contributed by atoms with Crippen LogP contribution in [0.2, 0.25) is 0 Å². The molecule has 0 bridgehead atoms. The van der Waals surface area contributed by atoms with Gasteiger partial charge in [-0.2, -0.15) is 0 Å². The third kappa shape index (κ3) is 7.95. The van der Waals surface area contributed by atoms with E-state index in [1.807, 2.05) is 54.6 Å².